The number of thioether (sulfide) groups is 1. The summed E-state index contributed by atoms with van der Waals surface area (Å²) in [5.41, 5.74) is 0. The van der Waals surface area contributed by atoms with Gasteiger partial charge in [0.1, 0.15) is 0 Å². The van der Waals surface area contributed by atoms with Crippen LogP contribution in [0, 0.1) is 17.8 Å². The van der Waals surface area contributed by atoms with Crippen molar-refractivity contribution in [3.63, 3.8) is 0 Å². The van der Waals surface area contributed by atoms with E-state index in [4.69, 9.17) is 0 Å². The molecule has 3 atom stereocenters. The van der Waals surface area contributed by atoms with E-state index in [2.05, 4.69) is 32.6 Å². The van der Waals surface area contributed by atoms with E-state index in [1.165, 1.54) is 12.8 Å². The summed E-state index contributed by atoms with van der Waals surface area (Å²) >= 11 is 2.01. The van der Waals surface area contributed by atoms with Gasteiger partial charge in [0.25, 0.3) is 0 Å². The first-order valence-corrected chi connectivity index (χ1v) is 8.01. The standard InChI is InChI=1S/C14H25NOS/c1-9(2)11-7-8-17-13-6-5-12(10(3)4)15(13)14(11)16/h9-13H,5-8H2,1-4H3/t11-,12+,13+/m1/s1. The van der Waals surface area contributed by atoms with E-state index in [0.29, 0.717) is 29.2 Å². The Kier molecular flexibility index (Phi) is 4.06. The summed E-state index contributed by atoms with van der Waals surface area (Å²) in [6.45, 7) is 8.88. The first-order valence-electron chi connectivity index (χ1n) is 6.96. The Balaban J connectivity index is 2.21. The minimum Gasteiger partial charge on any atom is -0.327 e. The zero-order chi connectivity index (χ0) is 12.6. The molecular formula is C14H25NOS. The molecule has 2 saturated heterocycles. The normalized spacial score (nSPS) is 34.4. The van der Waals surface area contributed by atoms with Crippen molar-refractivity contribution < 1.29 is 4.79 Å². The average molecular weight is 255 g/mol. The van der Waals surface area contributed by atoms with Crippen LogP contribution in [-0.4, -0.2) is 28.0 Å². The van der Waals surface area contributed by atoms with Crippen molar-refractivity contribution >= 4 is 17.7 Å². The predicted molar refractivity (Wildman–Crippen MR) is 73.9 cm³/mol. The number of fused-ring (bicyclic) bond motifs is 1. The van der Waals surface area contributed by atoms with Gasteiger partial charge in [0.2, 0.25) is 5.91 Å². The number of hydrogen-bond donors (Lipinski definition) is 0. The van der Waals surface area contributed by atoms with Gasteiger partial charge in [-0.25, -0.2) is 0 Å². The van der Waals surface area contributed by atoms with Gasteiger partial charge >= 0.3 is 0 Å². The first-order chi connectivity index (χ1) is 8.02. The number of rotatable bonds is 2. The predicted octanol–water partition coefficient (Wildman–Crippen LogP) is 3.37. The largest absolute Gasteiger partial charge is 0.327 e. The topological polar surface area (TPSA) is 20.3 Å². The number of hydrogen-bond acceptors (Lipinski definition) is 2. The van der Waals surface area contributed by atoms with Gasteiger partial charge in [-0.15, -0.1) is 11.8 Å². The maximum atomic E-state index is 12.7. The van der Waals surface area contributed by atoms with Crippen LogP contribution in [-0.2, 0) is 4.79 Å². The fourth-order valence-electron chi connectivity index (χ4n) is 3.19. The van der Waals surface area contributed by atoms with Crippen molar-refractivity contribution in [2.45, 2.75) is 58.4 Å². The highest BCUT2D eigenvalue weighted by atomic mass is 32.2. The molecule has 2 fully saturated rings. The number of carbonyl (C=O) groups is 1. The Morgan fingerprint density at radius 3 is 2.41 bits per heavy atom. The van der Waals surface area contributed by atoms with Gasteiger partial charge in [0.05, 0.1) is 5.37 Å². The molecule has 3 heteroatoms. The zero-order valence-corrected chi connectivity index (χ0v) is 12.3. The molecule has 0 bridgehead atoms. The van der Waals surface area contributed by atoms with Gasteiger partial charge in [-0.1, -0.05) is 27.7 Å². The Hall–Kier alpha value is -0.180. The SMILES string of the molecule is CC(C)[C@H]1CCS[C@H]2CC[C@@H](C(C)C)N2C1=O. The molecule has 2 aliphatic heterocycles. The third kappa shape index (κ3) is 2.49. The molecule has 2 nitrogen and oxygen atoms in total. The van der Waals surface area contributed by atoms with Crippen molar-refractivity contribution in [2.24, 2.45) is 17.8 Å². The van der Waals surface area contributed by atoms with Gasteiger partial charge < -0.3 is 4.90 Å². The van der Waals surface area contributed by atoms with E-state index in [9.17, 15) is 4.79 Å². The summed E-state index contributed by atoms with van der Waals surface area (Å²) < 4.78 is 0. The van der Waals surface area contributed by atoms with Crippen LogP contribution in [0.3, 0.4) is 0 Å². The van der Waals surface area contributed by atoms with Gasteiger partial charge in [-0.05, 0) is 36.9 Å². The lowest BCUT2D eigenvalue weighted by Crippen LogP contribution is -2.45. The third-order valence-corrected chi connectivity index (χ3v) is 5.58. The van der Waals surface area contributed by atoms with Crippen molar-refractivity contribution in [3.05, 3.63) is 0 Å². The van der Waals surface area contributed by atoms with Gasteiger partial charge in [-0.3, -0.25) is 4.79 Å². The summed E-state index contributed by atoms with van der Waals surface area (Å²) in [5, 5.41) is 0.471. The maximum Gasteiger partial charge on any atom is 0.227 e. The lowest BCUT2D eigenvalue weighted by Gasteiger charge is -2.33. The Labute approximate surface area is 110 Å². The Morgan fingerprint density at radius 2 is 1.82 bits per heavy atom. The third-order valence-electron chi connectivity index (χ3n) is 4.26. The molecule has 0 spiro atoms. The van der Waals surface area contributed by atoms with Crippen LogP contribution in [0.25, 0.3) is 0 Å². The lowest BCUT2D eigenvalue weighted by atomic mass is 9.91. The monoisotopic (exact) mass is 255 g/mol. The van der Waals surface area contributed by atoms with Crippen LogP contribution in [0.5, 0.6) is 0 Å². The first kappa shape index (κ1) is 13.3. The highest BCUT2D eigenvalue weighted by Crippen LogP contribution is 2.40. The molecular weight excluding hydrogens is 230 g/mol. The maximum absolute atomic E-state index is 12.7. The zero-order valence-electron chi connectivity index (χ0n) is 11.5. The quantitative estimate of drug-likeness (QED) is 0.754. The molecule has 0 aromatic heterocycles. The van der Waals surface area contributed by atoms with Crippen LogP contribution in [0.1, 0.15) is 47.0 Å². The van der Waals surface area contributed by atoms with Crippen molar-refractivity contribution in [2.75, 3.05) is 5.75 Å². The Morgan fingerprint density at radius 1 is 1.12 bits per heavy atom. The number of nitrogens with zero attached hydrogens (tertiary/aromatic N) is 1. The molecule has 0 radical (unpaired) electrons. The van der Waals surface area contributed by atoms with E-state index in [1.54, 1.807) is 0 Å². The van der Waals surface area contributed by atoms with Crippen LogP contribution in [0.15, 0.2) is 0 Å². The van der Waals surface area contributed by atoms with Crippen LogP contribution in [0.4, 0.5) is 0 Å². The molecule has 0 aromatic carbocycles. The molecule has 98 valence electrons. The second kappa shape index (κ2) is 5.21. The van der Waals surface area contributed by atoms with Crippen LogP contribution in [0.2, 0.25) is 0 Å². The number of amides is 1. The fourth-order valence-corrected chi connectivity index (χ4v) is 4.58. The molecule has 0 saturated carbocycles. The number of carbonyl (C=O) groups excluding carboxylic acids is 1. The summed E-state index contributed by atoms with van der Waals surface area (Å²) in [6.07, 6.45) is 3.47. The van der Waals surface area contributed by atoms with E-state index >= 15 is 0 Å². The molecule has 0 aliphatic carbocycles. The molecule has 2 aliphatic rings. The molecule has 2 rings (SSSR count). The minimum atomic E-state index is 0.256. The molecule has 0 unspecified atom stereocenters. The van der Waals surface area contributed by atoms with Crippen molar-refractivity contribution in [1.82, 2.24) is 4.90 Å². The highest BCUT2D eigenvalue weighted by Gasteiger charge is 2.43. The average Bonchev–Trinajstić information content (AvgIpc) is 2.60. The molecule has 1 amide bonds. The van der Waals surface area contributed by atoms with Gasteiger partial charge in [0.15, 0.2) is 0 Å². The summed E-state index contributed by atoms with van der Waals surface area (Å²) in [7, 11) is 0. The second-order valence-corrected chi connectivity index (χ2v) is 7.38. The molecule has 17 heavy (non-hydrogen) atoms. The minimum absolute atomic E-state index is 0.256. The van der Waals surface area contributed by atoms with E-state index in [1.807, 2.05) is 11.8 Å². The van der Waals surface area contributed by atoms with E-state index in [-0.39, 0.29) is 5.92 Å². The lowest BCUT2D eigenvalue weighted by molar-refractivity contribution is -0.139. The van der Waals surface area contributed by atoms with Crippen molar-refractivity contribution in [3.8, 4) is 0 Å². The highest BCUT2D eigenvalue weighted by molar-refractivity contribution is 7.99. The Bertz CT molecular complexity index is 290. The second-order valence-electron chi connectivity index (χ2n) is 6.10. The van der Waals surface area contributed by atoms with Gasteiger partial charge in [-0.2, -0.15) is 0 Å². The van der Waals surface area contributed by atoms with Crippen LogP contribution < -0.4 is 0 Å². The molecule has 2 heterocycles. The summed E-state index contributed by atoms with van der Waals surface area (Å²) in [4.78, 5) is 14.9. The smallest absolute Gasteiger partial charge is 0.227 e. The fraction of sp³-hybridized carbons (Fsp3) is 0.929. The molecule has 0 N–H and O–H groups in total. The van der Waals surface area contributed by atoms with Crippen molar-refractivity contribution in [1.29, 1.82) is 0 Å². The molecule has 0 aromatic rings. The van der Waals surface area contributed by atoms with Crippen LogP contribution >= 0.6 is 11.8 Å². The summed E-state index contributed by atoms with van der Waals surface area (Å²) in [6, 6.07) is 0.486. The van der Waals surface area contributed by atoms with Gasteiger partial charge in [0, 0.05) is 12.0 Å². The summed E-state index contributed by atoms with van der Waals surface area (Å²) in [5.74, 6) is 2.92. The van der Waals surface area contributed by atoms with E-state index < -0.39 is 0 Å². The van der Waals surface area contributed by atoms with E-state index in [0.717, 1.165) is 12.2 Å².